The number of allylic oxidation sites excluding steroid dienone is 3. The van der Waals surface area contributed by atoms with Crippen molar-refractivity contribution in [1.82, 2.24) is 0 Å². The Kier molecular flexibility index (Phi) is 6.15. The predicted octanol–water partition coefficient (Wildman–Crippen LogP) is 8.01. The molecule has 3 fully saturated rings. The maximum absolute atomic E-state index is 12.1. The molecule has 0 aromatic carbocycles. The van der Waals surface area contributed by atoms with Crippen LogP contribution in [0.2, 0.25) is 0 Å². The van der Waals surface area contributed by atoms with Crippen molar-refractivity contribution in [3.8, 4) is 0 Å². The Balaban J connectivity index is 1.52. The van der Waals surface area contributed by atoms with E-state index in [-0.39, 0.29) is 0 Å². The highest BCUT2D eigenvalue weighted by molar-refractivity contribution is 5.91. The molecule has 4 aliphatic rings. The van der Waals surface area contributed by atoms with Crippen LogP contribution in [-0.4, -0.2) is 5.78 Å². The van der Waals surface area contributed by atoms with E-state index in [0.29, 0.717) is 22.5 Å². The van der Waals surface area contributed by atoms with Crippen LogP contribution in [0, 0.1) is 52.3 Å². The van der Waals surface area contributed by atoms with E-state index in [1.807, 2.05) is 0 Å². The molecule has 1 nitrogen and oxygen atoms in total. The van der Waals surface area contributed by atoms with Crippen molar-refractivity contribution >= 4 is 5.78 Å². The standard InChI is InChI=1S/C29H46O/c1-7-21(19(2)3)9-8-20(4)25-12-13-26-24-11-10-22-18-23(30)14-16-28(22,5)27(24)15-17-29(25,26)6/h8-9,18-21,24-27H,7,10-17H2,1-6H3/t20?,21-,24?,25?,26?,27?,28+,29-/m1/s1. The first-order chi connectivity index (χ1) is 14.2. The van der Waals surface area contributed by atoms with Crippen LogP contribution in [0.3, 0.4) is 0 Å². The van der Waals surface area contributed by atoms with Gasteiger partial charge in [-0.15, -0.1) is 0 Å². The number of ketones is 1. The zero-order valence-corrected chi connectivity index (χ0v) is 20.5. The summed E-state index contributed by atoms with van der Waals surface area (Å²) < 4.78 is 0. The van der Waals surface area contributed by atoms with Crippen LogP contribution in [0.25, 0.3) is 0 Å². The van der Waals surface area contributed by atoms with Gasteiger partial charge in [-0.3, -0.25) is 4.79 Å². The van der Waals surface area contributed by atoms with Gasteiger partial charge in [-0.25, -0.2) is 0 Å². The maximum atomic E-state index is 12.1. The van der Waals surface area contributed by atoms with Gasteiger partial charge in [0.25, 0.3) is 0 Å². The SMILES string of the molecule is CC[C@H](C=CC(C)C1CCC2C3CCC4=CC(=O)CC[C@]4(C)C3CC[C@]12C)C(C)C. The summed E-state index contributed by atoms with van der Waals surface area (Å²) in [4.78, 5) is 12.1. The lowest BCUT2D eigenvalue weighted by Gasteiger charge is -2.58. The summed E-state index contributed by atoms with van der Waals surface area (Å²) in [6.07, 6.45) is 18.5. The molecule has 30 heavy (non-hydrogen) atoms. The lowest BCUT2D eigenvalue weighted by atomic mass is 9.46. The third-order valence-corrected chi connectivity index (χ3v) is 10.7. The minimum atomic E-state index is 0.313. The molecule has 0 amide bonds. The average Bonchev–Trinajstić information content (AvgIpc) is 3.06. The van der Waals surface area contributed by atoms with Gasteiger partial charge in [0.1, 0.15) is 0 Å². The molecule has 0 radical (unpaired) electrons. The van der Waals surface area contributed by atoms with Crippen molar-refractivity contribution in [1.29, 1.82) is 0 Å². The molecule has 0 saturated heterocycles. The lowest BCUT2D eigenvalue weighted by molar-refractivity contribution is -0.117. The number of hydrogen-bond acceptors (Lipinski definition) is 1. The van der Waals surface area contributed by atoms with E-state index in [2.05, 4.69) is 59.8 Å². The van der Waals surface area contributed by atoms with Gasteiger partial charge in [-0.05, 0) is 110 Å². The number of fused-ring (bicyclic) bond motifs is 5. The lowest BCUT2D eigenvalue weighted by Crippen LogP contribution is -2.50. The zero-order valence-electron chi connectivity index (χ0n) is 20.5. The van der Waals surface area contributed by atoms with E-state index >= 15 is 0 Å². The van der Waals surface area contributed by atoms with Crippen molar-refractivity contribution in [3.63, 3.8) is 0 Å². The summed E-state index contributed by atoms with van der Waals surface area (Å²) in [7, 11) is 0. The first-order valence-electron chi connectivity index (χ1n) is 13.1. The molecular formula is C29H46O. The van der Waals surface area contributed by atoms with Crippen LogP contribution in [-0.2, 0) is 4.79 Å². The Morgan fingerprint density at radius 2 is 1.77 bits per heavy atom. The Hall–Kier alpha value is -0.850. The molecule has 8 atom stereocenters. The Morgan fingerprint density at radius 1 is 1.00 bits per heavy atom. The summed E-state index contributed by atoms with van der Waals surface area (Å²) in [6, 6.07) is 0. The van der Waals surface area contributed by atoms with Gasteiger partial charge in [0, 0.05) is 6.42 Å². The van der Waals surface area contributed by atoms with Crippen LogP contribution in [0.5, 0.6) is 0 Å². The van der Waals surface area contributed by atoms with Crippen molar-refractivity contribution in [2.24, 2.45) is 52.3 Å². The number of carbonyl (C=O) groups is 1. The molecular weight excluding hydrogens is 364 g/mol. The van der Waals surface area contributed by atoms with Gasteiger partial charge in [0.15, 0.2) is 5.78 Å². The molecule has 5 unspecified atom stereocenters. The topological polar surface area (TPSA) is 17.1 Å². The molecule has 0 aromatic rings. The minimum Gasteiger partial charge on any atom is -0.295 e. The Bertz CT molecular complexity index is 714. The van der Waals surface area contributed by atoms with Gasteiger partial charge in [0.2, 0.25) is 0 Å². The summed E-state index contributed by atoms with van der Waals surface area (Å²) in [5.74, 6) is 6.01. The molecule has 1 heteroatoms. The van der Waals surface area contributed by atoms with Gasteiger partial charge >= 0.3 is 0 Å². The first-order valence-corrected chi connectivity index (χ1v) is 13.1. The minimum absolute atomic E-state index is 0.313. The fraction of sp³-hybridized carbons (Fsp3) is 0.828. The van der Waals surface area contributed by atoms with Crippen LogP contribution in [0.15, 0.2) is 23.8 Å². The molecule has 0 heterocycles. The van der Waals surface area contributed by atoms with E-state index in [0.717, 1.165) is 48.3 Å². The molecule has 4 rings (SSSR count). The third-order valence-electron chi connectivity index (χ3n) is 10.7. The fourth-order valence-electron chi connectivity index (χ4n) is 8.75. The van der Waals surface area contributed by atoms with Crippen molar-refractivity contribution in [2.75, 3.05) is 0 Å². The van der Waals surface area contributed by atoms with E-state index in [9.17, 15) is 4.79 Å². The summed E-state index contributed by atoms with van der Waals surface area (Å²) >= 11 is 0. The third kappa shape index (κ3) is 3.57. The van der Waals surface area contributed by atoms with Crippen LogP contribution >= 0.6 is 0 Å². The molecule has 0 aromatic heterocycles. The smallest absolute Gasteiger partial charge is 0.155 e. The van der Waals surface area contributed by atoms with Gasteiger partial charge < -0.3 is 0 Å². The zero-order chi connectivity index (χ0) is 21.7. The Labute approximate surface area is 186 Å². The highest BCUT2D eigenvalue weighted by Crippen LogP contribution is 2.67. The largest absolute Gasteiger partial charge is 0.295 e. The van der Waals surface area contributed by atoms with E-state index < -0.39 is 0 Å². The molecule has 4 aliphatic carbocycles. The highest BCUT2D eigenvalue weighted by atomic mass is 16.1. The second kappa shape index (κ2) is 8.25. The van der Waals surface area contributed by atoms with E-state index in [1.165, 1.54) is 50.5 Å². The van der Waals surface area contributed by atoms with E-state index in [1.54, 1.807) is 0 Å². The number of rotatable bonds is 5. The van der Waals surface area contributed by atoms with Crippen molar-refractivity contribution in [2.45, 2.75) is 99.3 Å². The van der Waals surface area contributed by atoms with Crippen molar-refractivity contribution < 1.29 is 4.79 Å². The van der Waals surface area contributed by atoms with Gasteiger partial charge in [-0.1, -0.05) is 59.3 Å². The van der Waals surface area contributed by atoms with Gasteiger partial charge in [-0.2, -0.15) is 0 Å². The average molecular weight is 411 g/mol. The molecule has 0 aliphatic heterocycles. The van der Waals surface area contributed by atoms with Gasteiger partial charge in [0.05, 0.1) is 0 Å². The summed E-state index contributed by atoms with van der Waals surface area (Å²) in [6.45, 7) is 14.7. The monoisotopic (exact) mass is 410 g/mol. The van der Waals surface area contributed by atoms with Crippen molar-refractivity contribution in [3.05, 3.63) is 23.8 Å². The first kappa shape index (κ1) is 22.3. The van der Waals surface area contributed by atoms with Crippen LogP contribution < -0.4 is 0 Å². The van der Waals surface area contributed by atoms with E-state index in [4.69, 9.17) is 0 Å². The van der Waals surface area contributed by atoms with Crippen LogP contribution in [0.4, 0.5) is 0 Å². The molecule has 168 valence electrons. The quantitative estimate of drug-likeness (QED) is 0.419. The maximum Gasteiger partial charge on any atom is 0.155 e. The fourth-order valence-corrected chi connectivity index (χ4v) is 8.75. The molecule has 3 saturated carbocycles. The van der Waals surface area contributed by atoms with Crippen LogP contribution in [0.1, 0.15) is 99.3 Å². The molecule has 0 spiro atoms. The number of hydrogen-bond donors (Lipinski definition) is 0. The molecule has 0 N–H and O–H groups in total. The molecule has 0 bridgehead atoms. The summed E-state index contributed by atoms with van der Waals surface area (Å²) in [5, 5.41) is 0. The second-order valence-electron chi connectivity index (χ2n) is 12.3. The Morgan fingerprint density at radius 3 is 2.47 bits per heavy atom. The summed E-state index contributed by atoms with van der Waals surface area (Å²) in [5.41, 5.74) is 2.34. The second-order valence-corrected chi connectivity index (χ2v) is 12.3. The number of carbonyl (C=O) groups excluding carboxylic acids is 1. The highest BCUT2D eigenvalue weighted by Gasteiger charge is 2.59. The predicted molar refractivity (Wildman–Crippen MR) is 127 cm³/mol. The normalized spacial score (nSPS) is 43.2.